The summed E-state index contributed by atoms with van der Waals surface area (Å²) in [4.78, 5) is 17.6. The molecule has 160 valence electrons. The van der Waals surface area contributed by atoms with Gasteiger partial charge in [0.1, 0.15) is 28.4 Å². The summed E-state index contributed by atoms with van der Waals surface area (Å²) in [6.45, 7) is 0.163. The van der Waals surface area contributed by atoms with Crippen LogP contribution in [0.4, 0.5) is 0 Å². The van der Waals surface area contributed by atoms with Crippen LogP contribution in [0.3, 0.4) is 0 Å². The smallest absolute Gasteiger partial charge is 0.291 e. The molecule has 32 heavy (non-hydrogen) atoms. The van der Waals surface area contributed by atoms with Gasteiger partial charge in [-0.15, -0.1) is 5.10 Å². The zero-order valence-corrected chi connectivity index (χ0v) is 20.0. The van der Waals surface area contributed by atoms with E-state index in [-0.39, 0.29) is 12.2 Å². The third kappa shape index (κ3) is 4.19. The van der Waals surface area contributed by atoms with Crippen LogP contribution in [0, 0.1) is 0 Å². The summed E-state index contributed by atoms with van der Waals surface area (Å²) in [5, 5.41) is 5.12. The first-order chi connectivity index (χ1) is 15.5. The van der Waals surface area contributed by atoms with E-state index in [0.29, 0.717) is 48.2 Å². The molecule has 2 aromatic carbocycles. The largest absolute Gasteiger partial charge is 0.486 e. The number of thiazole rings is 1. The minimum atomic E-state index is -0.272. The van der Waals surface area contributed by atoms with Gasteiger partial charge in [0, 0.05) is 16.1 Å². The van der Waals surface area contributed by atoms with E-state index in [0.717, 1.165) is 4.47 Å². The summed E-state index contributed by atoms with van der Waals surface area (Å²) in [6.07, 6.45) is 1.66. The van der Waals surface area contributed by atoms with Gasteiger partial charge in [-0.3, -0.25) is 4.79 Å². The van der Waals surface area contributed by atoms with E-state index in [1.807, 2.05) is 30.3 Å². The number of hydrogen-bond acceptors (Lipinski definition) is 6. The Morgan fingerprint density at radius 3 is 2.72 bits per heavy atom. The molecule has 0 amide bonds. The van der Waals surface area contributed by atoms with E-state index < -0.39 is 0 Å². The molecule has 0 spiro atoms. The van der Waals surface area contributed by atoms with Crippen molar-refractivity contribution in [3.05, 3.63) is 95.6 Å². The average molecular weight is 549 g/mol. The first-order valence-electron chi connectivity index (χ1n) is 9.31. The maximum absolute atomic E-state index is 12.7. The summed E-state index contributed by atoms with van der Waals surface area (Å²) in [6, 6.07) is 16.3. The summed E-state index contributed by atoms with van der Waals surface area (Å²) in [5.41, 5.74) is 0.408. The molecular weight excluding hydrogens is 537 g/mol. The normalized spacial score (nSPS) is 12.0. The molecule has 0 atom stereocenters. The van der Waals surface area contributed by atoms with Crippen LogP contribution in [0.5, 0.6) is 5.75 Å². The van der Waals surface area contributed by atoms with Crippen molar-refractivity contribution >= 4 is 61.5 Å². The fourth-order valence-electron chi connectivity index (χ4n) is 3.01. The average Bonchev–Trinajstić information content (AvgIpc) is 3.47. The number of aromatic nitrogens is 3. The fourth-order valence-corrected chi connectivity index (χ4v) is 4.58. The van der Waals surface area contributed by atoms with Crippen molar-refractivity contribution < 1.29 is 9.15 Å². The van der Waals surface area contributed by atoms with Crippen LogP contribution in [-0.4, -0.2) is 14.6 Å². The molecule has 3 aromatic heterocycles. The van der Waals surface area contributed by atoms with Crippen molar-refractivity contribution in [2.45, 2.75) is 6.61 Å². The number of halogens is 3. The van der Waals surface area contributed by atoms with Gasteiger partial charge in [-0.25, -0.2) is 0 Å². The molecule has 5 aromatic rings. The lowest BCUT2D eigenvalue weighted by Gasteiger charge is -2.02. The third-order valence-corrected chi connectivity index (χ3v) is 6.83. The molecule has 0 unspecified atom stereocenters. The number of benzene rings is 2. The van der Waals surface area contributed by atoms with E-state index in [2.05, 4.69) is 26.0 Å². The van der Waals surface area contributed by atoms with E-state index >= 15 is 0 Å². The lowest BCUT2D eigenvalue weighted by atomic mass is 10.2. The molecule has 0 aliphatic carbocycles. The van der Waals surface area contributed by atoms with Crippen molar-refractivity contribution in [3.63, 3.8) is 0 Å². The van der Waals surface area contributed by atoms with Gasteiger partial charge in [0.25, 0.3) is 5.56 Å². The molecule has 0 saturated heterocycles. The van der Waals surface area contributed by atoms with Crippen molar-refractivity contribution in [1.29, 1.82) is 0 Å². The zero-order valence-electron chi connectivity index (χ0n) is 16.1. The summed E-state index contributed by atoms with van der Waals surface area (Å²) in [7, 11) is 0. The molecular formula is C22H12BrCl2N3O3S. The number of nitrogens with zero attached hydrogens (tertiary/aromatic N) is 3. The molecule has 3 heterocycles. The number of fused-ring (bicyclic) bond motifs is 1. The predicted molar refractivity (Wildman–Crippen MR) is 129 cm³/mol. The Hall–Kier alpha value is -2.65. The minimum absolute atomic E-state index is 0.163. The Kier molecular flexibility index (Phi) is 5.77. The minimum Gasteiger partial charge on any atom is -0.486 e. The molecule has 0 bridgehead atoms. The van der Waals surface area contributed by atoms with E-state index in [1.54, 1.807) is 30.3 Å². The standard InChI is InChI=1S/C22H12BrCl2N3O3S/c23-12-4-6-13(7-5-12)30-11-19-26-22-28(27-19)21(29)18(32-22)10-14-8-9-17(31-14)15-2-1-3-16(24)20(15)25/h1-10H,11H2. The second-order valence-electron chi connectivity index (χ2n) is 6.68. The molecule has 0 fully saturated rings. The van der Waals surface area contributed by atoms with Crippen molar-refractivity contribution in [3.8, 4) is 17.1 Å². The van der Waals surface area contributed by atoms with Crippen LogP contribution in [0.1, 0.15) is 11.6 Å². The fraction of sp³-hybridized carbons (Fsp3) is 0.0455. The van der Waals surface area contributed by atoms with Gasteiger partial charge in [-0.1, -0.05) is 56.5 Å². The maximum Gasteiger partial charge on any atom is 0.291 e. The van der Waals surface area contributed by atoms with E-state index in [4.69, 9.17) is 32.4 Å². The zero-order chi connectivity index (χ0) is 22.2. The molecule has 6 nitrogen and oxygen atoms in total. The predicted octanol–water partition coefficient (Wildman–Crippen LogP) is 5.61. The Labute approximate surface area is 203 Å². The number of furan rings is 1. The highest BCUT2D eigenvalue weighted by atomic mass is 79.9. The first-order valence-corrected chi connectivity index (χ1v) is 11.7. The third-order valence-electron chi connectivity index (χ3n) is 4.52. The Morgan fingerprint density at radius 2 is 1.94 bits per heavy atom. The number of rotatable bonds is 5. The maximum atomic E-state index is 12.7. The SMILES string of the molecule is O=c1c(=Cc2ccc(-c3cccc(Cl)c3Cl)o2)sc2nc(COc3ccc(Br)cc3)nn12. The van der Waals surface area contributed by atoms with Gasteiger partial charge in [-0.2, -0.15) is 9.50 Å². The second-order valence-corrected chi connectivity index (χ2v) is 9.39. The number of ether oxygens (including phenoxy) is 1. The highest BCUT2D eigenvalue weighted by molar-refractivity contribution is 9.10. The summed E-state index contributed by atoms with van der Waals surface area (Å²) < 4.78 is 14.2. The second kappa shape index (κ2) is 8.71. The highest BCUT2D eigenvalue weighted by Gasteiger charge is 2.13. The summed E-state index contributed by atoms with van der Waals surface area (Å²) in [5.74, 6) is 2.19. The van der Waals surface area contributed by atoms with Crippen LogP contribution in [0.2, 0.25) is 10.0 Å². The van der Waals surface area contributed by atoms with Gasteiger partial charge in [0.05, 0.1) is 10.0 Å². The van der Waals surface area contributed by atoms with Crippen LogP contribution in [0.25, 0.3) is 22.4 Å². The Morgan fingerprint density at radius 1 is 1.12 bits per heavy atom. The van der Waals surface area contributed by atoms with Crippen molar-refractivity contribution in [2.24, 2.45) is 0 Å². The van der Waals surface area contributed by atoms with Gasteiger partial charge >= 0.3 is 0 Å². The molecule has 0 saturated carbocycles. The first kappa shape index (κ1) is 21.2. The molecule has 0 radical (unpaired) electrons. The lowest BCUT2D eigenvalue weighted by molar-refractivity contribution is 0.296. The van der Waals surface area contributed by atoms with Gasteiger partial charge in [0.2, 0.25) is 4.96 Å². The lowest BCUT2D eigenvalue weighted by Crippen LogP contribution is -2.23. The van der Waals surface area contributed by atoms with Crippen LogP contribution >= 0.6 is 50.5 Å². The molecule has 0 aliphatic heterocycles. The van der Waals surface area contributed by atoms with Crippen LogP contribution in [0.15, 0.2) is 68.3 Å². The van der Waals surface area contributed by atoms with Crippen molar-refractivity contribution in [1.82, 2.24) is 14.6 Å². The van der Waals surface area contributed by atoms with Crippen LogP contribution < -0.4 is 14.8 Å². The quantitative estimate of drug-likeness (QED) is 0.285. The van der Waals surface area contributed by atoms with E-state index in [9.17, 15) is 4.79 Å². The van der Waals surface area contributed by atoms with Crippen molar-refractivity contribution in [2.75, 3.05) is 0 Å². The monoisotopic (exact) mass is 547 g/mol. The van der Waals surface area contributed by atoms with Gasteiger partial charge in [0.15, 0.2) is 5.82 Å². The molecule has 10 heteroatoms. The van der Waals surface area contributed by atoms with Gasteiger partial charge < -0.3 is 9.15 Å². The summed E-state index contributed by atoms with van der Waals surface area (Å²) >= 11 is 17.0. The van der Waals surface area contributed by atoms with Gasteiger partial charge in [-0.05, 0) is 48.5 Å². The molecule has 0 aliphatic rings. The highest BCUT2D eigenvalue weighted by Crippen LogP contribution is 2.34. The Bertz CT molecular complexity index is 1540. The molecule has 0 N–H and O–H groups in total. The Balaban J connectivity index is 1.39. The van der Waals surface area contributed by atoms with E-state index in [1.165, 1.54) is 15.9 Å². The molecule has 5 rings (SSSR count). The van der Waals surface area contributed by atoms with Crippen LogP contribution in [-0.2, 0) is 6.61 Å². The topological polar surface area (TPSA) is 69.6 Å². The number of hydrogen-bond donors (Lipinski definition) is 0.